The van der Waals surface area contributed by atoms with Crippen LogP contribution in [-0.4, -0.2) is 59.6 Å². The smallest absolute Gasteiger partial charge is 0.259 e. The summed E-state index contributed by atoms with van der Waals surface area (Å²) >= 11 is 0. The van der Waals surface area contributed by atoms with Crippen LogP contribution in [0.1, 0.15) is 49.1 Å². The maximum Gasteiger partial charge on any atom is 0.259 e. The molecule has 0 aliphatic carbocycles. The number of rotatable bonds is 4. The van der Waals surface area contributed by atoms with Crippen LogP contribution in [0.3, 0.4) is 0 Å². The molecule has 1 fully saturated rings. The summed E-state index contributed by atoms with van der Waals surface area (Å²) in [5.41, 5.74) is 4.44. The summed E-state index contributed by atoms with van der Waals surface area (Å²) in [6.45, 7) is 3.67. The van der Waals surface area contributed by atoms with Crippen molar-refractivity contribution < 1.29 is 19.2 Å². The van der Waals surface area contributed by atoms with Crippen LogP contribution < -0.4 is 5.32 Å². The van der Waals surface area contributed by atoms with Gasteiger partial charge in [-0.2, -0.15) is 0 Å². The maximum absolute atomic E-state index is 12.8. The standard InChI is InChI=1S/C29H25N3O4/c1-19(33)31-15-17-32(18-16-31)29(36)23-11-8-20(9-12-23)7-10-22-13-14-24(21-5-3-2-4-6-21)26-25(22)27(34)30-28(26)35/h2-14H,15-18H2,1H3,(H,30,34,35)/b10-7+. The number of nitrogens with zero attached hydrogens (tertiary/aromatic N) is 2. The van der Waals surface area contributed by atoms with Crippen molar-refractivity contribution in [1.29, 1.82) is 0 Å². The number of imide groups is 1. The van der Waals surface area contributed by atoms with E-state index in [-0.39, 0.29) is 11.8 Å². The molecule has 0 saturated carbocycles. The number of hydrogen-bond donors (Lipinski definition) is 1. The van der Waals surface area contributed by atoms with Crippen LogP contribution in [0.25, 0.3) is 23.3 Å². The van der Waals surface area contributed by atoms with Crippen molar-refractivity contribution in [3.63, 3.8) is 0 Å². The van der Waals surface area contributed by atoms with Gasteiger partial charge in [-0.25, -0.2) is 0 Å². The highest BCUT2D eigenvalue weighted by atomic mass is 16.2. The predicted molar refractivity (Wildman–Crippen MR) is 137 cm³/mol. The van der Waals surface area contributed by atoms with E-state index in [0.29, 0.717) is 48.4 Å². The van der Waals surface area contributed by atoms with Crippen LogP contribution in [0.5, 0.6) is 0 Å². The van der Waals surface area contributed by atoms with Crippen LogP contribution in [0.15, 0.2) is 66.7 Å². The molecule has 2 aliphatic heterocycles. The second-order valence-corrected chi connectivity index (χ2v) is 8.86. The lowest BCUT2D eigenvalue weighted by atomic mass is 9.92. The molecular formula is C29H25N3O4. The van der Waals surface area contributed by atoms with Gasteiger partial charge in [-0.3, -0.25) is 24.5 Å². The average molecular weight is 480 g/mol. The highest BCUT2D eigenvalue weighted by Gasteiger charge is 2.32. The number of piperazine rings is 1. The minimum absolute atomic E-state index is 0.0282. The second kappa shape index (κ2) is 9.62. The molecule has 0 radical (unpaired) electrons. The Labute approximate surface area is 209 Å². The molecule has 0 bridgehead atoms. The van der Waals surface area contributed by atoms with Gasteiger partial charge in [-0.1, -0.05) is 66.7 Å². The number of fused-ring (bicyclic) bond motifs is 1. The van der Waals surface area contributed by atoms with Gasteiger partial charge in [0.05, 0.1) is 11.1 Å². The van der Waals surface area contributed by atoms with Gasteiger partial charge in [0.15, 0.2) is 0 Å². The number of hydrogen-bond acceptors (Lipinski definition) is 4. The first-order chi connectivity index (χ1) is 17.4. The van der Waals surface area contributed by atoms with E-state index < -0.39 is 11.8 Å². The van der Waals surface area contributed by atoms with Gasteiger partial charge in [-0.15, -0.1) is 0 Å². The van der Waals surface area contributed by atoms with E-state index in [1.54, 1.807) is 28.9 Å². The molecule has 0 aromatic heterocycles. The molecule has 2 heterocycles. The molecule has 3 aromatic rings. The van der Waals surface area contributed by atoms with Crippen molar-refractivity contribution >= 4 is 35.8 Å². The molecule has 36 heavy (non-hydrogen) atoms. The molecule has 0 spiro atoms. The minimum Gasteiger partial charge on any atom is -0.339 e. The molecule has 5 rings (SSSR count). The van der Waals surface area contributed by atoms with Gasteiger partial charge in [0, 0.05) is 38.7 Å². The van der Waals surface area contributed by atoms with E-state index in [9.17, 15) is 19.2 Å². The fourth-order valence-corrected chi connectivity index (χ4v) is 4.65. The van der Waals surface area contributed by atoms with Crippen LogP contribution in [-0.2, 0) is 4.79 Å². The Morgan fingerprint density at radius 3 is 2.06 bits per heavy atom. The Morgan fingerprint density at radius 2 is 1.39 bits per heavy atom. The van der Waals surface area contributed by atoms with E-state index in [1.165, 1.54) is 0 Å². The topological polar surface area (TPSA) is 86.8 Å². The molecule has 4 amide bonds. The predicted octanol–water partition coefficient (Wildman–Crippen LogP) is 3.71. The summed E-state index contributed by atoms with van der Waals surface area (Å²) in [7, 11) is 0. The van der Waals surface area contributed by atoms with Crippen molar-refractivity contribution in [3.05, 3.63) is 94.5 Å². The van der Waals surface area contributed by atoms with Crippen LogP contribution in [0.4, 0.5) is 0 Å². The van der Waals surface area contributed by atoms with Crippen molar-refractivity contribution in [2.24, 2.45) is 0 Å². The number of carbonyl (C=O) groups excluding carboxylic acids is 4. The first-order valence-electron chi connectivity index (χ1n) is 11.8. The monoisotopic (exact) mass is 479 g/mol. The molecule has 0 atom stereocenters. The zero-order valence-electron chi connectivity index (χ0n) is 19.9. The highest BCUT2D eigenvalue weighted by Crippen LogP contribution is 2.32. The molecule has 7 heteroatoms. The average Bonchev–Trinajstić information content (AvgIpc) is 3.22. The summed E-state index contributed by atoms with van der Waals surface area (Å²) in [4.78, 5) is 53.0. The molecule has 180 valence electrons. The van der Waals surface area contributed by atoms with Crippen LogP contribution in [0.2, 0.25) is 0 Å². The third kappa shape index (κ3) is 4.43. The zero-order valence-corrected chi connectivity index (χ0v) is 19.9. The van der Waals surface area contributed by atoms with E-state index in [4.69, 9.17) is 0 Å². The summed E-state index contributed by atoms with van der Waals surface area (Å²) in [6, 6.07) is 20.5. The minimum atomic E-state index is -0.404. The summed E-state index contributed by atoms with van der Waals surface area (Å²) in [5.74, 6) is -0.826. The third-order valence-corrected chi connectivity index (χ3v) is 6.63. The fourth-order valence-electron chi connectivity index (χ4n) is 4.65. The van der Waals surface area contributed by atoms with Crippen molar-refractivity contribution in [2.75, 3.05) is 26.2 Å². The lowest BCUT2D eigenvalue weighted by molar-refractivity contribution is -0.130. The third-order valence-electron chi connectivity index (χ3n) is 6.63. The van der Waals surface area contributed by atoms with E-state index >= 15 is 0 Å². The number of benzene rings is 3. The molecular weight excluding hydrogens is 454 g/mol. The van der Waals surface area contributed by atoms with Crippen molar-refractivity contribution in [1.82, 2.24) is 15.1 Å². The molecule has 1 saturated heterocycles. The Balaban J connectivity index is 1.35. The highest BCUT2D eigenvalue weighted by molar-refractivity contribution is 6.25. The normalized spacial score (nSPS) is 15.2. The first-order valence-corrected chi connectivity index (χ1v) is 11.8. The first kappa shape index (κ1) is 23.2. The van der Waals surface area contributed by atoms with Crippen LogP contribution >= 0.6 is 0 Å². The lowest BCUT2D eigenvalue weighted by Crippen LogP contribution is -2.50. The van der Waals surface area contributed by atoms with Gasteiger partial charge in [0.1, 0.15) is 0 Å². The maximum atomic E-state index is 12.8. The summed E-state index contributed by atoms with van der Waals surface area (Å²) in [6.07, 6.45) is 3.66. The number of amides is 4. The molecule has 1 N–H and O–H groups in total. The Kier molecular flexibility index (Phi) is 6.21. The van der Waals surface area contributed by atoms with Gasteiger partial charge in [0.2, 0.25) is 5.91 Å². The second-order valence-electron chi connectivity index (χ2n) is 8.86. The Hall–Kier alpha value is -4.52. The summed E-state index contributed by atoms with van der Waals surface area (Å²) < 4.78 is 0. The Morgan fingerprint density at radius 1 is 0.750 bits per heavy atom. The van der Waals surface area contributed by atoms with Gasteiger partial charge >= 0.3 is 0 Å². The largest absolute Gasteiger partial charge is 0.339 e. The van der Waals surface area contributed by atoms with Gasteiger partial charge in [0.25, 0.3) is 17.7 Å². The number of carbonyl (C=O) groups is 4. The van der Waals surface area contributed by atoms with Gasteiger partial charge < -0.3 is 9.80 Å². The Bertz CT molecular complexity index is 1390. The van der Waals surface area contributed by atoms with E-state index in [2.05, 4.69) is 5.32 Å². The SMILES string of the molecule is CC(=O)N1CCN(C(=O)c2ccc(/C=C/c3ccc(-c4ccccc4)c4c3C(=O)NC4=O)cc2)CC1. The molecule has 3 aromatic carbocycles. The van der Waals surface area contributed by atoms with Crippen molar-refractivity contribution in [2.45, 2.75) is 6.92 Å². The molecule has 2 aliphatic rings. The lowest BCUT2D eigenvalue weighted by Gasteiger charge is -2.34. The molecule has 7 nitrogen and oxygen atoms in total. The van der Waals surface area contributed by atoms with Gasteiger partial charge in [-0.05, 0) is 34.4 Å². The van der Waals surface area contributed by atoms with Crippen LogP contribution in [0, 0.1) is 0 Å². The zero-order chi connectivity index (χ0) is 25.2. The molecule has 0 unspecified atom stereocenters. The summed E-state index contributed by atoms with van der Waals surface area (Å²) in [5, 5.41) is 2.42. The van der Waals surface area contributed by atoms with E-state index in [0.717, 1.165) is 16.7 Å². The number of nitrogens with one attached hydrogen (secondary N) is 1. The van der Waals surface area contributed by atoms with Crippen molar-refractivity contribution in [3.8, 4) is 11.1 Å². The quantitative estimate of drug-likeness (QED) is 0.457. The fraction of sp³-hybridized carbons (Fsp3) is 0.172. The van der Waals surface area contributed by atoms with E-state index in [1.807, 2.05) is 66.7 Å².